The Morgan fingerprint density at radius 3 is 2.34 bits per heavy atom. The van der Waals surface area contributed by atoms with Crippen molar-refractivity contribution >= 4 is 23.4 Å². The molecule has 4 rings (SSSR count). The van der Waals surface area contributed by atoms with Gasteiger partial charge >= 0.3 is 12.4 Å². The van der Waals surface area contributed by atoms with Crippen LogP contribution in [0.25, 0.3) is 0 Å². The number of carbonyl (C=O) groups excluding carboxylic acids is 2. The molecule has 3 amide bonds. The molecule has 0 bridgehead atoms. The number of carbonyl (C=O) groups is 2. The van der Waals surface area contributed by atoms with Crippen molar-refractivity contribution in [2.45, 2.75) is 51.7 Å². The molecule has 35 heavy (non-hydrogen) atoms. The molecule has 8 nitrogen and oxygen atoms in total. The van der Waals surface area contributed by atoms with Crippen LogP contribution in [0, 0.1) is 0 Å². The maximum absolute atomic E-state index is 13.6. The van der Waals surface area contributed by atoms with Crippen LogP contribution in [0.5, 0.6) is 5.75 Å². The zero-order chi connectivity index (χ0) is 25.4. The molecule has 0 radical (unpaired) electrons. The SMILES string of the molecule is CCOC(c1ccnc(N2CCCC2)c1)N1C(=O)N(c2ccc(OC(F)(F)F)cc2)C(=O)C1(C)C. The highest BCUT2D eigenvalue weighted by atomic mass is 19.4. The zero-order valence-electron chi connectivity index (χ0n) is 19.7. The molecule has 11 heteroatoms. The van der Waals surface area contributed by atoms with E-state index in [9.17, 15) is 22.8 Å². The van der Waals surface area contributed by atoms with Crippen molar-refractivity contribution in [2.75, 3.05) is 29.5 Å². The van der Waals surface area contributed by atoms with E-state index < -0.39 is 35.8 Å². The van der Waals surface area contributed by atoms with Gasteiger partial charge in [0.05, 0.1) is 5.69 Å². The fourth-order valence-electron chi connectivity index (χ4n) is 4.41. The number of pyridine rings is 1. The van der Waals surface area contributed by atoms with E-state index in [1.165, 1.54) is 17.0 Å². The van der Waals surface area contributed by atoms with Gasteiger partial charge in [0.15, 0.2) is 6.23 Å². The Morgan fingerprint density at radius 1 is 1.09 bits per heavy atom. The molecule has 0 saturated carbocycles. The third kappa shape index (κ3) is 4.90. The lowest BCUT2D eigenvalue weighted by Crippen LogP contribution is -2.47. The summed E-state index contributed by atoms with van der Waals surface area (Å²) in [5.74, 6) is -0.196. The largest absolute Gasteiger partial charge is 0.573 e. The summed E-state index contributed by atoms with van der Waals surface area (Å²) < 4.78 is 47.4. The summed E-state index contributed by atoms with van der Waals surface area (Å²) in [5, 5.41) is 0. The van der Waals surface area contributed by atoms with E-state index in [2.05, 4.69) is 14.6 Å². The van der Waals surface area contributed by atoms with Crippen LogP contribution in [-0.2, 0) is 9.53 Å². The highest BCUT2D eigenvalue weighted by Crippen LogP contribution is 2.40. The Balaban J connectivity index is 1.66. The van der Waals surface area contributed by atoms with Gasteiger partial charge in [-0.2, -0.15) is 0 Å². The van der Waals surface area contributed by atoms with Crippen molar-refractivity contribution in [2.24, 2.45) is 0 Å². The molecule has 0 N–H and O–H groups in total. The standard InChI is InChI=1S/C24H27F3N4O4/c1-4-34-20(16-11-12-28-19(15-16)29-13-5-6-14-29)31-22(33)30(21(32)23(31,2)3)17-7-9-18(10-8-17)35-24(25,26)27/h7-12,15,20H,4-6,13-14H2,1-3H3. The molecule has 2 aliphatic rings. The number of imide groups is 1. The van der Waals surface area contributed by atoms with E-state index in [1.807, 2.05) is 6.07 Å². The predicted octanol–water partition coefficient (Wildman–Crippen LogP) is 4.86. The fourth-order valence-corrected chi connectivity index (χ4v) is 4.41. The molecule has 2 aliphatic heterocycles. The van der Waals surface area contributed by atoms with Gasteiger partial charge in [0, 0.05) is 31.5 Å². The molecule has 3 heterocycles. The second-order valence-corrected chi connectivity index (χ2v) is 8.84. The van der Waals surface area contributed by atoms with E-state index in [0.29, 0.717) is 5.56 Å². The first-order chi connectivity index (χ1) is 16.5. The third-order valence-corrected chi connectivity index (χ3v) is 6.10. The van der Waals surface area contributed by atoms with Crippen LogP contribution >= 0.6 is 0 Å². The summed E-state index contributed by atoms with van der Waals surface area (Å²) in [6, 6.07) is 7.58. The number of benzene rings is 1. The van der Waals surface area contributed by atoms with Crippen LogP contribution in [0.15, 0.2) is 42.6 Å². The van der Waals surface area contributed by atoms with E-state index in [0.717, 1.165) is 48.8 Å². The van der Waals surface area contributed by atoms with Crippen LogP contribution in [0.4, 0.5) is 29.5 Å². The minimum Gasteiger partial charge on any atom is -0.406 e. The normalized spacial score (nSPS) is 19.0. The van der Waals surface area contributed by atoms with Gasteiger partial charge in [-0.25, -0.2) is 14.7 Å². The number of ether oxygens (including phenoxy) is 2. The van der Waals surface area contributed by atoms with Gasteiger partial charge in [-0.05, 0) is 70.0 Å². The molecule has 1 atom stereocenters. The van der Waals surface area contributed by atoms with E-state index in [4.69, 9.17) is 4.74 Å². The van der Waals surface area contributed by atoms with Crippen molar-refractivity contribution in [3.63, 3.8) is 0 Å². The Kier molecular flexibility index (Phi) is 6.63. The first kappa shape index (κ1) is 24.8. The van der Waals surface area contributed by atoms with Crippen molar-refractivity contribution in [1.29, 1.82) is 0 Å². The van der Waals surface area contributed by atoms with Crippen LogP contribution in [-0.4, -0.2) is 53.4 Å². The van der Waals surface area contributed by atoms with Crippen molar-refractivity contribution in [3.05, 3.63) is 48.2 Å². The number of urea groups is 1. The summed E-state index contributed by atoms with van der Waals surface area (Å²) in [6.07, 6.45) is -1.90. The molecule has 2 aromatic rings. The Labute approximate surface area is 201 Å². The number of rotatable bonds is 7. The van der Waals surface area contributed by atoms with Gasteiger partial charge in [-0.15, -0.1) is 13.2 Å². The van der Waals surface area contributed by atoms with Crippen LogP contribution in [0.2, 0.25) is 0 Å². The smallest absolute Gasteiger partial charge is 0.406 e. The number of amides is 3. The summed E-state index contributed by atoms with van der Waals surface area (Å²) >= 11 is 0. The Bertz CT molecular complexity index is 1080. The van der Waals surface area contributed by atoms with Crippen LogP contribution in [0.3, 0.4) is 0 Å². The van der Waals surface area contributed by atoms with Gasteiger partial charge < -0.3 is 14.4 Å². The van der Waals surface area contributed by atoms with Gasteiger partial charge in [-0.1, -0.05) is 0 Å². The average Bonchev–Trinajstić information content (AvgIpc) is 3.39. The summed E-state index contributed by atoms with van der Waals surface area (Å²) in [5.41, 5.74) is -0.476. The van der Waals surface area contributed by atoms with Crippen molar-refractivity contribution in [3.8, 4) is 5.75 Å². The molecule has 0 spiro atoms. The molecule has 0 aliphatic carbocycles. The quantitative estimate of drug-likeness (QED) is 0.514. The van der Waals surface area contributed by atoms with E-state index in [-0.39, 0.29) is 12.3 Å². The van der Waals surface area contributed by atoms with Gasteiger partial charge in [0.25, 0.3) is 5.91 Å². The van der Waals surface area contributed by atoms with Gasteiger partial charge in [-0.3, -0.25) is 9.69 Å². The Morgan fingerprint density at radius 2 is 1.74 bits per heavy atom. The monoisotopic (exact) mass is 492 g/mol. The molecule has 188 valence electrons. The third-order valence-electron chi connectivity index (χ3n) is 6.10. The summed E-state index contributed by atoms with van der Waals surface area (Å²) in [6.45, 7) is 7.09. The number of hydrogen-bond acceptors (Lipinski definition) is 6. The van der Waals surface area contributed by atoms with Crippen molar-refractivity contribution in [1.82, 2.24) is 9.88 Å². The number of hydrogen-bond donors (Lipinski definition) is 0. The molecule has 1 aromatic carbocycles. The number of anilines is 2. The van der Waals surface area contributed by atoms with E-state index >= 15 is 0 Å². The highest BCUT2D eigenvalue weighted by molar-refractivity contribution is 6.23. The first-order valence-corrected chi connectivity index (χ1v) is 11.4. The van der Waals surface area contributed by atoms with Gasteiger partial charge in [0.2, 0.25) is 0 Å². The maximum atomic E-state index is 13.6. The molecule has 1 unspecified atom stereocenters. The molecular formula is C24H27F3N4O4. The molecule has 2 fully saturated rings. The second-order valence-electron chi connectivity index (χ2n) is 8.84. The second kappa shape index (κ2) is 9.37. The number of alkyl halides is 3. The molecule has 1 aromatic heterocycles. The van der Waals surface area contributed by atoms with Gasteiger partial charge in [0.1, 0.15) is 17.1 Å². The topological polar surface area (TPSA) is 75.2 Å². The maximum Gasteiger partial charge on any atom is 0.573 e. The van der Waals surface area contributed by atoms with Crippen molar-refractivity contribution < 1.29 is 32.2 Å². The number of aromatic nitrogens is 1. The lowest BCUT2D eigenvalue weighted by Gasteiger charge is -2.35. The highest BCUT2D eigenvalue weighted by Gasteiger charge is 2.55. The Hall–Kier alpha value is -3.34. The first-order valence-electron chi connectivity index (χ1n) is 11.4. The minimum atomic E-state index is -4.84. The van der Waals surface area contributed by atoms with Crippen LogP contribution in [0.1, 0.15) is 45.4 Å². The average molecular weight is 492 g/mol. The summed E-state index contributed by atoms with van der Waals surface area (Å²) in [7, 11) is 0. The fraction of sp³-hybridized carbons (Fsp3) is 0.458. The number of halogens is 3. The zero-order valence-corrected chi connectivity index (χ0v) is 19.7. The molecule has 2 saturated heterocycles. The lowest BCUT2D eigenvalue weighted by molar-refractivity contribution is -0.274. The minimum absolute atomic E-state index is 0.132. The lowest BCUT2D eigenvalue weighted by atomic mass is 10.0. The predicted molar refractivity (Wildman–Crippen MR) is 122 cm³/mol. The molecular weight excluding hydrogens is 465 g/mol. The van der Waals surface area contributed by atoms with E-state index in [1.54, 1.807) is 33.0 Å². The summed E-state index contributed by atoms with van der Waals surface area (Å²) in [4.78, 5) is 35.9. The van der Waals surface area contributed by atoms with Crippen LogP contribution < -0.4 is 14.5 Å². The number of nitrogens with zero attached hydrogens (tertiary/aromatic N) is 4.